The van der Waals surface area contributed by atoms with Gasteiger partial charge in [0.05, 0.1) is 0 Å². The maximum Gasteiger partial charge on any atom is 0.298 e. The first-order valence-electron chi connectivity index (χ1n) is 9.57. The van der Waals surface area contributed by atoms with Crippen molar-refractivity contribution in [3.63, 3.8) is 0 Å². The molecule has 1 aromatic carbocycles. The van der Waals surface area contributed by atoms with Crippen LogP contribution in [0.5, 0.6) is 0 Å². The van der Waals surface area contributed by atoms with Crippen molar-refractivity contribution in [1.29, 1.82) is 0 Å². The third-order valence-electron chi connectivity index (χ3n) is 5.72. The molecule has 4 rings (SSSR count). The topological polar surface area (TPSA) is 75.4 Å². The summed E-state index contributed by atoms with van der Waals surface area (Å²) in [7, 11) is -1.98. The molecule has 8 heteroatoms. The molecule has 0 unspecified atom stereocenters. The number of amides is 1. The zero-order valence-corrected chi connectivity index (χ0v) is 17.1. The van der Waals surface area contributed by atoms with Crippen molar-refractivity contribution in [3.05, 3.63) is 23.2 Å². The minimum atomic E-state index is -1.98. The number of fused-ring (bicyclic) bond motifs is 1. The van der Waals surface area contributed by atoms with Crippen LogP contribution in [0.4, 0.5) is 6.01 Å². The van der Waals surface area contributed by atoms with Crippen molar-refractivity contribution in [3.8, 4) is 0 Å². The molecule has 27 heavy (non-hydrogen) atoms. The first kappa shape index (κ1) is 18.7. The number of halogens is 1. The highest BCUT2D eigenvalue weighted by atomic mass is 35.5. The average molecular weight is 412 g/mol. The highest BCUT2D eigenvalue weighted by molar-refractivity contribution is 8.02. The van der Waals surface area contributed by atoms with Gasteiger partial charge < -0.3 is 14.6 Å². The van der Waals surface area contributed by atoms with Gasteiger partial charge >= 0.3 is 0 Å². The third-order valence-corrected chi connectivity index (χ3v) is 8.37. The number of nitrogens with one attached hydrogen (secondary N) is 1. The number of thiol groups is 1. The molecule has 2 saturated heterocycles. The van der Waals surface area contributed by atoms with Crippen LogP contribution in [0.25, 0.3) is 11.1 Å². The molecule has 0 radical (unpaired) electrons. The number of hydrogen-bond acceptors (Lipinski definition) is 5. The van der Waals surface area contributed by atoms with Crippen LogP contribution < -0.4 is 10.2 Å². The summed E-state index contributed by atoms with van der Waals surface area (Å²) in [6.45, 7) is 1.58. The zero-order valence-electron chi connectivity index (χ0n) is 15.5. The second kappa shape index (κ2) is 7.43. The summed E-state index contributed by atoms with van der Waals surface area (Å²) in [6.07, 6.45) is 5.10. The van der Waals surface area contributed by atoms with E-state index < -0.39 is 9.93 Å². The van der Waals surface area contributed by atoms with Crippen LogP contribution in [0.3, 0.4) is 0 Å². The summed E-state index contributed by atoms with van der Waals surface area (Å²) in [5.41, 5.74) is 1.49. The second-order valence-corrected chi connectivity index (χ2v) is 11.8. The minimum absolute atomic E-state index is 0.0202. The Balaban J connectivity index is 1.30. The monoisotopic (exact) mass is 411 g/mol. The molecule has 0 bridgehead atoms. The second-order valence-electron chi connectivity index (χ2n) is 7.90. The molecular weight excluding hydrogens is 386 g/mol. The van der Waals surface area contributed by atoms with Crippen molar-refractivity contribution in [1.82, 2.24) is 10.3 Å². The number of carbonyl (C=O) groups is 1. The van der Waals surface area contributed by atoms with Crippen molar-refractivity contribution < 1.29 is 13.4 Å². The lowest BCUT2D eigenvalue weighted by Gasteiger charge is -2.33. The van der Waals surface area contributed by atoms with Gasteiger partial charge in [-0.05, 0) is 50.1 Å². The fourth-order valence-corrected chi connectivity index (χ4v) is 6.04. The third kappa shape index (κ3) is 4.29. The van der Waals surface area contributed by atoms with Gasteiger partial charge in [-0.25, -0.2) is 0 Å². The van der Waals surface area contributed by atoms with Gasteiger partial charge in [-0.3, -0.25) is 9.00 Å². The van der Waals surface area contributed by atoms with Gasteiger partial charge in [-0.1, -0.05) is 11.6 Å². The number of nitrogens with zero attached hydrogens (tertiary/aromatic N) is 2. The summed E-state index contributed by atoms with van der Waals surface area (Å²) >= 11 is 6.01. The molecule has 0 spiro atoms. The van der Waals surface area contributed by atoms with E-state index in [0.29, 0.717) is 22.5 Å². The van der Waals surface area contributed by atoms with Gasteiger partial charge in [0.15, 0.2) is 5.58 Å². The smallest absolute Gasteiger partial charge is 0.298 e. The van der Waals surface area contributed by atoms with E-state index in [4.69, 9.17) is 16.0 Å². The maximum absolute atomic E-state index is 12.5. The Hall–Kier alpha value is -1.60. The van der Waals surface area contributed by atoms with Crippen molar-refractivity contribution >= 4 is 44.6 Å². The van der Waals surface area contributed by atoms with E-state index in [-0.39, 0.29) is 17.9 Å². The molecule has 2 aromatic rings. The lowest BCUT2D eigenvalue weighted by Crippen LogP contribution is -2.47. The van der Waals surface area contributed by atoms with Gasteiger partial charge in [0.2, 0.25) is 5.91 Å². The van der Waals surface area contributed by atoms with Crippen LogP contribution in [0.2, 0.25) is 5.02 Å². The standard InChI is InChI=1S/C19H26ClN3O3S/c1-27(25)10-6-13(7-11-27)18(24)21-15-4-8-23(9-5-15)19-22-16-12-14(20)2-3-17(16)26-19/h2-3,12-13,15,27H,4-11H2,1H3,(H,21,24). The quantitative estimate of drug-likeness (QED) is 0.759. The number of benzene rings is 1. The lowest BCUT2D eigenvalue weighted by molar-refractivity contribution is -0.126. The zero-order chi connectivity index (χ0) is 19.0. The molecule has 6 nitrogen and oxygen atoms in total. The summed E-state index contributed by atoms with van der Waals surface area (Å²) in [6, 6.07) is 6.23. The summed E-state index contributed by atoms with van der Waals surface area (Å²) in [5.74, 6) is 1.55. The Morgan fingerprint density at radius 2 is 1.96 bits per heavy atom. The summed E-state index contributed by atoms with van der Waals surface area (Å²) in [5, 5.41) is 3.84. The fourth-order valence-electron chi connectivity index (χ4n) is 3.93. The van der Waals surface area contributed by atoms with Crippen LogP contribution in [0.1, 0.15) is 25.7 Å². The molecule has 0 aliphatic carbocycles. The number of rotatable bonds is 3. The van der Waals surface area contributed by atoms with E-state index in [1.54, 1.807) is 12.1 Å². The number of carbonyl (C=O) groups excluding carboxylic acids is 1. The van der Waals surface area contributed by atoms with Gasteiger partial charge in [0.1, 0.15) is 5.52 Å². The van der Waals surface area contributed by atoms with Crippen LogP contribution in [-0.2, 0) is 14.7 Å². The van der Waals surface area contributed by atoms with E-state index in [1.165, 1.54) is 0 Å². The first-order valence-corrected chi connectivity index (χ1v) is 12.5. The molecule has 1 aromatic heterocycles. The Kier molecular flexibility index (Phi) is 5.16. The minimum Gasteiger partial charge on any atom is -0.423 e. The Bertz CT molecular complexity index is 879. The number of anilines is 1. The number of oxazole rings is 1. The number of aromatic nitrogens is 1. The molecule has 2 aliphatic rings. The predicted octanol–water partition coefficient (Wildman–Crippen LogP) is 2.62. The Morgan fingerprint density at radius 1 is 1.26 bits per heavy atom. The molecule has 148 valence electrons. The highest BCUT2D eigenvalue weighted by Crippen LogP contribution is 2.27. The van der Waals surface area contributed by atoms with Crippen LogP contribution in [0, 0.1) is 5.92 Å². The predicted molar refractivity (Wildman–Crippen MR) is 110 cm³/mol. The molecular formula is C19H26ClN3O3S. The van der Waals surface area contributed by atoms with Crippen LogP contribution in [-0.4, -0.2) is 52.0 Å². The highest BCUT2D eigenvalue weighted by Gasteiger charge is 2.30. The number of hydrogen-bond donors (Lipinski definition) is 2. The van der Waals surface area contributed by atoms with Crippen molar-refractivity contribution in [2.45, 2.75) is 31.7 Å². The van der Waals surface area contributed by atoms with E-state index in [1.807, 2.05) is 12.3 Å². The molecule has 2 aliphatic heterocycles. The van der Waals surface area contributed by atoms with E-state index >= 15 is 0 Å². The molecule has 2 fully saturated rings. The summed E-state index contributed by atoms with van der Waals surface area (Å²) < 4.78 is 17.9. The first-order chi connectivity index (χ1) is 12.9. The SMILES string of the molecule is C[SH]1(=O)CCC(C(=O)NC2CCN(c3nc4cc(Cl)ccc4o3)CC2)CC1. The molecule has 0 saturated carbocycles. The normalized spacial score (nSPS) is 24.7. The maximum atomic E-state index is 12.5. The summed E-state index contributed by atoms with van der Waals surface area (Å²) in [4.78, 5) is 19.2. The van der Waals surface area contributed by atoms with Gasteiger partial charge in [-0.15, -0.1) is 9.93 Å². The van der Waals surface area contributed by atoms with E-state index in [9.17, 15) is 9.00 Å². The Morgan fingerprint density at radius 3 is 2.67 bits per heavy atom. The van der Waals surface area contributed by atoms with Crippen molar-refractivity contribution in [2.24, 2.45) is 5.92 Å². The van der Waals surface area contributed by atoms with Gasteiger partial charge in [0, 0.05) is 41.6 Å². The molecule has 3 heterocycles. The number of piperidine rings is 1. The van der Waals surface area contributed by atoms with Crippen LogP contribution in [0.15, 0.2) is 22.6 Å². The molecule has 1 amide bonds. The van der Waals surface area contributed by atoms with E-state index in [2.05, 4.69) is 15.2 Å². The Labute approximate surface area is 165 Å². The average Bonchev–Trinajstić information content (AvgIpc) is 3.05. The molecule has 1 N–H and O–H groups in total. The van der Waals surface area contributed by atoms with Gasteiger partial charge in [0.25, 0.3) is 6.01 Å². The van der Waals surface area contributed by atoms with Crippen LogP contribution >= 0.6 is 11.6 Å². The van der Waals surface area contributed by atoms with E-state index in [0.717, 1.165) is 49.9 Å². The van der Waals surface area contributed by atoms with Crippen molar-refractivity contribution in [2.75, 3.05) is 35.8 Å². The van der Waals surface area contributed by atoms with Gasteiger partial charge in [-0.2, -0.15) is 4.98 Å². The molecule has 0 atom stereocenters. The fraction of sp³-hybridized carbons (Fsp3) is 0.579. The largest absolute Gasteiger partial charge is 0.423 e. The lowest BCUT2D eigenvalue weighted by atomic mass is 9.99.